The lowest BCUT2D eigenvalue weighted by Gasteiger charge is -2.20. The first kappa shape index (κ1) is 12.5. The van der Waals surface area contributed by atoms with Crippen molar-refractivity contribution in [2.24, 2.45) is 0 Å². The van der Waals surface area contributed by atoms with Crippen molar-refractivity contribution in [1.82, 2.24) is 0 Å². The minimum atomic E-state index is -0.278. The van der Waals surface area contributed by atoms with Crippen molar-refractivity contribution in [1.29, 1.82) is 0 Å². The third kappa shape index (κ3) is 2.83. The second kappa shape index (κ2) is 5.12. The molecule has 2 N–H and O–H groups in total. The molecule has 0 aliphatic carbocycles. The van der Waals surface area contributed by atoms with Crippen LogP contribution in [0.5, 0.6) is 0 Å². The molecule has 0 unspecified atom stereocenters. The monoisotopic (exact) mass is 248 g/mol. The molecule has 0 fully saturated rings. The average Bonchev–Trinajstić information content (AvgIpc) is 2.75. The fourth-order valence-corrected chi connectivity index (χ4v) is 1.87. The van der Waals surface area contributed by atoms with Gasteiger partial charge in [-0.3, -0.25) is 0 Å². The Kier molecular flexibility index (Phi) is 3.55. The number of likely N-dealkylation sites (N-methyl/N-ethyl adjacent to an activating group) is 1. The SMILES string of the molecule is Cc1ccc(CCN(C)c2cc(F)ccc2N)o1. The van der Waals surface area contributed by atoms with Gasteiger partial charge in [0.25, 0.3) is 0 Å². The van der Waals surface area contributed by atoms with Crippen molar-refractivity contribution in [3.05, 3.63) is 47.7 Å². The number of hydrogen-bond donors (Lipinski definition) is 1. The lowest BCUT2D eigenvalue weighted by atomic mass is 10.2. The van der Waals surface area contributed by atoms with Crippen molar-refractivity contribution in [2.45, 2.75) is 13.3 Å². The van der Waals surface area contributed by atoms with Crippen LogP contribution < -0.4 is 10.6 Å². The zero-order valence-corrected chi connectivity index (χ0v) is 10.6. The maximum absolute atomic E-state index is 13.2. The van der Waals surface area contributed by atoms with E-state index in [0.717, 1.165) is 24.5 Å². The van der Waals surface area contributed by atoms with Crippen LogP contribution in [0.1, 0.15) is 11.5 Å². The van der Waals surface area contributed by atoms with E-state index in [9.17, 15) is 4.39 Å². The van der Waals surface area contributed by atoms with Crippen LogP contribution in [-0.4, -0.2) is 13.6 Å². The minimum absolute atomic E-state index is 0.278. The standard InChI is InChI=1S/C14H17FN2O/c1-10-3-5-12(18-10)7-8-17(2)14-9-11(15)4-6-13(14)16/h3-6,9H,7-8,16H2,1-2H3. The third-order valence-electron chi connectivity index (χ3n) is 2.89. The van der Waals surface area contributed by atoms with Gasteiger partial charge in [-0.1, -0.05) is 0 Å². The summed E-state index contributed by atoms with van der Waals surface area (Å²) in [5.41, 5.74) is 7.12. The molecule has 0 bridgehead atoms. The van der Waals surface area contributed by atoms with Crippen LogP contribution in [0.25, 0.3) is 0 Å². The highest BCUT2D eigenvalue weighted by Crippen LogP contribution is 2.23. The predicted molar refractivity (Wildman–Crippen MR) is 71.2 cm³/mol. The molecule has 1 heterocycles. The van der Waals surface area contributed by atoms with Crippen molar-refractivity contribution in [2.75, 3.05) is 24.2 Å². The molecule has 1 aromatic carbocycles. The molecule has 0 aliphatic heterocycles. The van der Waals surface area contributed by atoms with Gasteiger partial charge in [-0.05, 0) is 37.3 Å². The molecule has 0 radical (unpaired) electrons. The number of hydrogen-bond acceptors (Lipinski definition) is 3. The maximum Gasteiger partial charge on any atom is 0.125 e. The van der Waals surface area contributed by atoms with Gasteiger partial charge in [0, 0.05) is 20.0 Å². The summed E-state index contributed by atoms with van der Waals surface area (Å²) in [7, 11) is 1.89. The molecular formula is C14H17FN2O. The Bertz CT molecular complexity index is 536. The second-order valence-corrected chi connectivity index (χ2v) is 4.39. The molecule has 2 aromatic rings. The van der Waals surface area contributed by atoms with E-state index in [2.05, 4.69) is 0 Å². The van der Waals surface area contributed by atoms with Crippen molar-refractivity contribution in [3.63, 3.8) is 0 Å². The number of furan rings is 1. The highest BCUT2D eigenvalue weighted by Gasteiger charge is 2.08. The van der Waals surface area contributed by atoms with Crippen molar-refractivity contribution in [3.8, 4) is 0 Å². The number of nitrogen functional groups attached to an aromatic ring is 1. The normalized spacial score (nSPS) is 10.6. The van der Waals surface area contributed by atoms with Gasteiger partial charge in [0.05, 0.1) is 11.4 Å². The zero-order chi connectivity index (χ0) is 13.1. The van der Waals surface area contributed by atoms with Gasteiger partial charge in [-0.25, -0.2) is 4.39 Å². The number of anilines is 2. The number of nitrogens with two attached hydrogens (primary N) is 1. The van der Waals surface area contributed by atoms with E-state index in [1.165, 1.54) is 12.1 Å². The Labute approximate surface area is 106 Å². The first-order chi connectivity index (χ1) is 8.56. The number of aryl methyl sites for hydroxylation is 1. The molecule has 96 valence electrons. The lowest BCUT2D eigenvalue weighted by molar-refractivity contribution is 0.483. The van der Waals surface area contributed by atoms with E-state index in [1.807, 2.05) is 31.0 Å². The Morgan fingerprint density at radius 1 is 1.28 bits per heavy atom. The van der Waals surface area contributed by atoms with Gasteiger partial charge in [-0.15, -0.1) is 0 Å². The highest BCUT2D eigenvalue weighted by molar-refractivity contribution is 5.67. The van der Waals surface area contributed by atoms with Crippen LogP contribution in [0, 0.1) is 12.7 Å². The summed E-state index contributed by atoms with van der Waals surface area (Å²) in [5.74, 6) is 1.55. The molecule has 18 heavy (non-hydrogen) atoms. The number of rotatable bonds is 4. The van der Waals surface area contributed by atoms with Crippen LogP contribution in [0.3, 0.4) is 0 Å². The largest absolute Gasteiger partial charge is 0.466 e. The Balaban J connectivity index is 2.03. The molecule has 0 spiro atoms. The van der Waals surface area contributed by atoms with Gasteiger partial charge in [0.1, 0.15) is 17.3 Å². The topological polar surface area (TPSA) is 42.4 Å². The molecule has 0 saturated heterocycles. The lowest BCUT2D eigenvalue weighted by Crippen LogP contribution is -2.21. The second-order valence-electron chi connectivity index (χ2n) is 4.39. The van der Waals surface area contributed by atoms with Gasteiger partial charge in [-0.2, -0.15) is 0 Å². The fourth-order valence-electron chi connectivity index (χ4n) is 1.87. The molecule has 4 heteroatoms. The van der Waals surface area contributed by atoms with Gasteiger partial charge >= 0.3 is 0 Å². The molecule has 2 rings (SSSR count). The van der Waals surface area contributed by atoms with E-state index in [0.29, 0.717) is 11.4 Å². The fraction of sp³-hybridized carbons (Fsp3) is 0.286. The summed E-state index contributed by atoms with van der Waals surface area (Å²) in [6, 6.07) is 8.29. The summed E-state index contributed by atoms with van der Waals surface area (Å²) in [6.45, 7) is 2.64. The molecular weight excluding hydrogens is 231 g/mol. The summed E-state index contributed by atoms with van der Waals surface area (Å²) < 4.78 is 18.7. The van der Waals surface area contributed by atoms with E-state index < -0.39 is 0 Å². The maximum atomic E-state index is 13.2. The predicted octanol–water partition coefficient (Wildman–Crippen LogP) is 2.99. The van der Waals surface area contributed by atoms with E-state index in [-0.39, 0.29) is 5.82 Å². The molecule has 0 saturated carbocycles. The Hall–Kier alpha value is -1.97. The minimum Gasteiger partial charge on any atom is -0.466 e. The summed E-state index contributed by atoms with van der Waals surface area (Å²) >= 11 is 0. The Morgan fingerprint density at radius 3 is 2.72 bits per heavy atom. The number of nitrogens with zero attached hydrogens (tertiary/aromatic N) is 1. The summed E-state index contributed by atoms with van der Waals surface area (Å²) in [5, 5.41) is 0. The zero-order valence-electron chi connectivity index (χ0n) is 10.6. The van der Waals surface area contributed by atoms with Crippen LogP contribution in [0.15, 0.2) is 34.7 Å². The highest BCUT2D eigenvalue weighted by atomic mass is 19.1. The third-order valence-corrected chi connectivity index (χ3v) is 2.89. The van der Waals surface area contributed by atoms with E-state index in [1.54, 1.807) is 6.07 Å². The molecule has 3 nitrogen and oxygen atoms in total. The quantitative estimate of drug-likeness (QED) is 0.846. The molecule has 0 amide bonds. The van der Waals surface area contributed by atoms with Crippen LogP contribution in [0.2, 0.25) is 0 Å². The van der Waals surface area contributed by atoms with Crippen LogP contribution in [0.4, 0.5) is 15.8 Å². The van der Waals surface area contributed by atoms with Gasteiger partial charge in [0.15, 0.2) is 0 Å². The van der Waals surface area contributed by atoms with Crippen molar-refractivity contribution >= 4 is 11.4 Å². The van der Waals surface area contributed by atoms with Gasteiger partial charge in [0.2, 0.25) is 0 Å². The first-order valence-corrected chi connectivity index (χ1v) is 5.88. The van der Waals surface area contributed by atoms with E-state index >= 15 is 0 Å². The summed E-state index contributed by atoms with van der Waals surface area (Å²) in [4.78, 5) is 1.93. The molecule has 0 aliphatic rings. The first-order valence-electron chi connectivity index (χ1n) is 5.88. The number of benzene rings is 1. The van der Waals surface area contributed by atoms with E-state index in [4.69, 9.17) is 10.2 Å². The Morgan fingerprint density at radius 2 is 2.06 bits per heavy atom. The number of halogens is 1. The van der Waals surface area contributed by atoms with Gasteiger partial charge < -0.3 is 15.1 Å². The summed E-state index contributed by atoms with van der Waals surface area (Å²) in [6.07, 6.45) is 0.764. The molecule has 1 aromatic heterocycles. The smallest absolute Gasteiger partial charge is 0.125 e. The van der Waals surface area contributed by atoms with Crippen molar-refractivity contribution < 1.29 is 8.81 Å². The molecule has 0 atom stereocenters. The average molecular weight is 248 g/mol. The van der Waals surface area contributed by atoms with Crippen LogP contribution in [-0.2, 0) is 6.42 Å². The van der Waals surface area contributed by atoms with Crippen LogP contribution >= 0.6 is 0 Å².